The van der Waals surface area contributed by atoms with Gasteiger partial charge in [0.15, 0.2) is 0 Å². The Balaban J connectivity index is 0.000000135. The van der Waals surface area contributed by atoms with Crippen molar-refractivity contribution in [2.75, 3.05) is 0 Å². The monoisotopic (exact) mass is 1410 g/mol. The van der Waals surface area contributed by atoms with Crippen LogP contribution in [0.1, 0.15) is 112 Å². The molecule has 0 saturated heterocycles. The summed E-state index contributed by atoms with van der Waals surface area (Å²) >= 11 is 0. The summed E-state index contributed by atoms with van der Waals surface area (Å²) in [7, 11) is 0. The molecule has 15 aromatic rings. The fraction of sp³-hybridized carbons (Fsp3) is 0.207. The molecule has 0 amide bonds. The zero-order chi connectivity index (χ0) is 65.3. The molecule has 9 aromatic carbocycles. The standard InChI is InChI=1S/3C29H26NO.Ir/c3*1-18-7-6-8-25-26(18)27-19(2)9-14-23(28(27)31-25)24-17-21(15-16-30-24)20-10-12-22(13-11-20)29(3,4)5;/h3*6-13,15-17H,1-5H3;/q3*-1;+3. The molecule has 0 unspecified atom stereocenters. The molecule has 0 atom stereocenters. The number of aromatic nitrogens is 3. The summed E-state index contributed by atoms with van der Waals surface area (Å²) in [6.07, 6.45) is 5.61. The predicted octanol–water partition coefficient (Wildman–Crippen LogP) is 24.1. The van der Waals surface area contributed by atoms with Crippen molar-refractivity contribution in [2.45, 2.75) is 120 Å². The Morgan fingerprint density at radius 2 is 0.543 bits per heavy atom. The fourth-order valence-electron chi connectivity index (χ4n) is 12.9. The minimum absolute atomic E-state index is 0. The Kier molecular flexibility index (Phi) is 17.5. The number of aryl methyl sites for hydroxylation is 6. The van der Waals surface area contributed by atoms with Crippen molar-refractivity contribution >= 4 is 65.8 Å². The molecule has 94 heavy (non-hydrogen) atoms. The van der Waals surface area contributed by atoms with Crippen LogP contribution < -0.4 is 0 Å². The number of nitrogens with zero attached hydrogens (tertiary/aromatic N) is 3. The first kappa shape index (κ1) is 64.6. The Hall–Kier alpha value is -9.52. The second-order valence-corrected chi connectivity index (χ2v) is 28.1. The summed E-state index contributed by atoms with van der Waals surface area (Å²) in [6, 6.07) is 74.1. The third kappa shape index (κ3) is 12.5. The molecular weight excluding hydrogens is 1330 g/mol. The van der Waals surface area contributed by atoms with E-state index in [1.165, 1.54) is 82.9 Å². The molecule has 0 bridgehead atoms. The molecule has 468 valence electrons. The van der Waals surface area contributed by atoms with Gasteiger partial charge in [-0.15, -0.1) is 53.1 Å². The van der Waals surface area contributed by atoms with Crippen molar-refractivity contribution in [2.24, 2.45) is 0 Å². The number of rotatable bonds is 6. The van der Waals surface area contributed by atoms with E-state index in [2.05, 4.69) is 264 Å². The second-order valence-electron chi connectivity index (χ2n) is 28.1. The number of benzene rings is 9. The van der Waals surface area contributed by atoms with Crippen molar-refractivity contribution in [1.29, 1.82) is 0 Å². The molecular formula is C87H78IrN3O3. The maximum atomic E-state index is 6.33. The third-order valence-electron chi connectivity index (χ3n) is 18.2. The van der Waals surface area contributed by atoms with Crippen LogP contribution in [-0.4, -0.2) is 15.0 Å². The van der Waals surface area contributed by atoms with Crippen LogP contribution in [0.15, 0.2) is 214 Å². The Morgan fingerprint density at radius 3 is 0.787 bits per heavy atom. The average molecular weight is 1410 g/mol. The summed E-state index contributed by atoms with van der Waals surface area (Å²) in [5.74, 6) is 0. The molecule has 6 aromatic heterocycles. The van der Waals surface area contributed by atoms with E-state index in [4.69, 9.17) is 13.3 Å². The number of furan rings is 3. The van der Waals surface area contributed by atoms with Crippen molar-refractivity contribution in [1.82, 2.24) is 15.0 Å². The van der Waals surface area contributed by atoms with Gasteiger partial charge in [-0.05, 0) is 157 Å². The maximum absolute atomic E-state index is 6.33. The number of pyridine rings is 3. The van der Waals surface area contributed by atoms with Gasteiger partial charge in [0, 0.05) is 34.7 Å². The van der Waals surface area contributed by atoms with Gasteiger partial charge in [-0.3, -0.25) is 0 Å². The Labute approximate surface area is 566 Å². The first-order valence-electron chi connectivity index (χ1n) is 32.2. The fourth-order valence-corrected chi connectivity index (χ4v) is 12.9. The van der Waals surface area contributed by atoms with Crippen LogP contribution in [-0.2, 0) is 36.4 Å². The van der Waals surface area contributed by atoms with Crippen LogP contribution in [0.4, 0.5) is 0 Å². The van der Waals surface area contributed by atoms with E-state index in [9.17, 15) is 0 Å². The minimum atomic E-state index is 0. The van der Waals surface area contributed by atoms with Gasteiger partial charge >= 0.3 is 20.1 Å². The topological polar surface area (TPSA) is 78.1 Å². The van der Waals surface area contributed by atoms with Gasteiger partial charge in [0.05, 0.1) is 16.7 Å². The van der Waals surface area contributed by atoms with Gasteiger partial charge in [-0.2, -0.15) is 0 Å². The third-order valence-corrected chi connectivity index (χ3v) is 18.2. The van der Waals surface area contributed by atoms with E-state index in [1.54, 1.807) is 0 Å². The van der Waals surface area contributed by atoms with Gasteiger partial charge in [0.25, 0.3) is 0 Å². The summed E-state index contributed by atoms with van der Waals surface area (Å²) in [4.78, 5) is 14.0. The van der Waals surface area contributed by atoms with E-state index in [0.717, 1.165) is 100 Å². The van der Waals surface area contributed by atoms with Crippen molar-refractivity contribution in [3.8, 4) is 67.2 Å². The van der Waals surface area contributed by atoms with Gasteiger partial charge in [-0.1, -0.05) is 243 Å². The first-order chi connectivity index (χ1) is 44.5. The van der Waals surface area contributed by atoms with Gasteiger partial charge in [-0.25, -0.2) is 0 Å². The van der Waals surface area contributed by atoms with Gasteiger partial charge in [0.1, 0.15) is 16.7 Å². The minimum Gasteiger partial charge on any atom is -0.501 e. The Bertz CT molecular complexity index is 4780. The molecule has 0 radical (unpaired) electrons. The second kappa shape index (κ2) is 25.4. The largest absolute Gasteiger partial charge is 3.00 e. The molecule has 0 aliphatic heterocycles. The first-order valence-corrected chi connectivity index (χ1v) is 32.2. The van der Waals surface area contributed by atoms with E-state index >= 15 is 0 Å². The zero-order valence-electron chi connectivity index (χ0n) is 56.5. The summed E-state index contributed by atoms with van der Waals surface area (Å²) in [6.45, 7) is 32.9. The number of hydrogen-bond acceptors (Lipinski definition) is 6. The van der Waals surface area contributed by atoms with Crippen molar-refractivity contribution in [3.63, 3.8) is 0 Å². The quantitative estimate of drug-likeness (QED) is 0.154. The zero-order valence-corrected chi connectivity index (χ0v) is 58.8. The molecule has 0 spiro atoms. The van der Waals surface area contributed by atoms with Crippen LogP contribution in [0.3, 0.4) is 0 Å². The molecule has 0 fully saturated rings. The van der Waals surface area contributed by atoms with Crippen LogP contribution in [0.2, 0.25) is 0 Å². The number of fused-ring (bicyclic) bond motifs is 9. The van der Waals surface area contributed by atoms with Crippen molar-refractivity contribution < 1.29 is 33.4 Å². The maximum Gasteiger partial charge on any atom is 3.00 e. The predicted molar refractivity (Wildman–Crippen MR) is 388 cm³/mol. The van der Waals surface area contributed by atoms with Crippen LogP contribution in [0.25, 0.3) is 133 Å². The van der Waals surface area contributed by atoms with Crippen LogP contribution in [0, 0.1) is 59.7 Å². The molecule has 15 rings (SSSR count). The molecule has 0 N–H and O–H groups in total. The smallest absolute Gasteiger partial charge is 0.501 e. The van der Waals surface area contributed by atoms with E-state index in [-0.39, 0.29) is 36.4 Å². The molecule has 6 nitrogen and oxygen atoms in total. The molecule has 0 saturated carbocycles. The van der Waals surface area contributed by atoms with Gasteiger partial charge in [0.2, 0.25) is 0 Å². The van der Waals surface area contributed by atoms with Crippen LogP contribution >= 0.6 is 0 Å². The number of hydrogen-bond donors (Lipinski definition) is 0. The normalized spacial score (nSPS) is 11.9. The molecule has 0 aliphatic carbocycles. The van der Waals surface area contributed by atoms with E-state index in [1.807, 2.05) is 73.2 Å². The molecule has 6 heterocycles. The average Bonchev–Trinajstić information content (AvgIpc) is 1.60. The molecule has 7 heteroatoms. The van der Waals surface area contributed by atoms with E-state index in [0.29, 0.717) is 0 Å². The Morgan fingerprint density at radius 1 is 0.287 bits per heavy atom. The van der Waals surface area contributed by atoms with Crippen LogP contribution in [0.5, 0.6) is 0 Å². The molecule has 0 aliphatic rings. The summed E-state index contributed by atoms with van der Waals surface area (Å²) < 4.78 is 19.0. The summed E-state index contributed by atoms with van der Waals surface area (Å²) in [5.41, 5.74) is 29.2. The van der Waals surface area contributed by atoms with E-state index < -0.39 is 0 Å². The van der Waals surface area contributed by atoms with Crippen molar-refractivity contribution in [3.05, 3.63) is 269 Å². The van der Waals surface area contributed by atoms with Gasteiger partial charge < -0.3 is 28.2 Å². The SMILES string of the molecule is Cc1cccc2oc3c(-c4cc(-c5ccc(C(C)(C)C)cc5)ccn4)[c-]cc(C)c3c12.Cc1cccc2oc3c(-c4cc(-c5ccc(C(C)(C)C)cc5)ccn4)[c-]cc(C)c3c12.Cc1cccc2oc3c(-c4cc(-c5ccc(C(C)(C)C)cc5)ccn4)[c-]cc(C)c3c12.[Ir+3]. The summed E-state index contributed by atoms with van der Waals surface area (Å²) in [5, 5.41) is 7.01.